The van der Waals surface area contributed by atoms with E-state index in [0.717, 1.165) is 16.7 Å². The molecule has 0 saturated carbocycles. The third-order valence-electron chi connectivity index (χ3n) is 2.54. The first-order valence-electron chi connectivity index (χ1n) is 5.28. The van der Waals surface area contributed by atoms with E-state index >= 15 is 0 Å². The van der Waals surface area contributed by atoms with E-state index in [2.05, 4.69) is 10.1 Å². The summed E-state index contributed by atoms with van der Waals surface area (Å²) < 4.78 is 7.14. The second-order valence-corrected chi connectivity index (χ2v) is 4.09. The number of esters is 1. The normalized spacial score (nSPS) is 10.8. The maximum atomic E-state index is 11.7. The van der Waals surface area contributed by atoms with Crippen LogP contribution in [0.1, 0.15) is 23.0 Å². The van der Waals surface area contributed by atoms with E-state index in [0.29, 0.717) is 16.7 Å². The minimum absolute atomic E-state index is 0.331. The first-order valence-corrected chi connectivity index (χ1v) is 5.69. The Hall–Kier alpha value is -1.69. The van der Waals surface area contributed by atoms with Gasteiger partial charge in [-0.1, -0.05) is 12.2 Å². The molecule has 0 atom stereocenters. The van der Waals surface area contributed by atoms with Crippen LogP contribution in [0, 0.1) is 11.4 Å². The molecule has 0 bridgehead atoms. The van der Waals surface area contributed by atoms with Gasteiger partial charge in [-0.25, -0.2) is 4.79 Å². The van der Waals surface area contributed by atoms with Crippen LogP contribution < -0.4 is 0 Å². The third kappa shape index (κ3) is 1.84. The van der Waals surface area contributed by atoms with Gasteiger partial charge in [-0.3, -0.25) is 4.68 Å². The number of pyridine rings is 1. The van der Waals surface area contributed by atoms with Gasteiger partial charge in [0, 0.05) is 13.2 Å². The molecule has 0 radical (unpaired) electrons. The molecule has 0 aromatic carbocycles. The second-order valence-electron chi connectivity index (χ2n) is 3.68. The lowest BCUT2D eigenvalue weighted by Gasteiger charge is -2.03. The number of rotatable bonds is 2. The Morgan fingerprint density at radius 2 is 2.35 bits per heavy atom. The molecule has 2 rings (SSSR count). The Balaban J connectivity index is 2.70. The lowest BCUT2D eigenvalue weighted by atomic mass is 10.2. The van der Waals surface area contributed by atoms with Crippen molar-refractivity contribution in [2.45, 2.75) is 13.8 Å². The van der Waals surface area contributed by atoms with Crippen LogP contribution >= 0.6 is 12.2 Å². The highest BCUT2D eigenvalue weighted by atomic mass is 32.1. The zero-order valence-electron chi connectivity index (χ0n) is 9.90. The van der Waals surface area contributed by atoms with Gasteiger partial charge >= 0.3 is 5.97 Å². The van der Waals surface area contributed by atoms with Crippen molar-refractivity contribution in [3.63, 3.8) is 0 Å². The number of aromatic amines is 1. The van der Waals surface area contributed by atoms with Crippen LogP contribution in [0.2, 0.25) is 0 Å². The Kier molecular flexibility index (Phi) is 2.97. The van der Waals surface area contributed by atoms with Gasteiger partial charge in [0.05, 0.1) is 27.8 Å². The van der Waals surface area contributed by atoms with E-state index in [9.17, 15) is 4.79 Å². The number of carbonyl (C=O) groups is 1. The molecule has 0 spiro atoms. The maximum Gasteiger partial charge on any atom is 0.341 e. The van der Waals surface area contributed by atoms with Gasteiger partial charge in [-0.15, -0.1) is 0 Å². The molecule has 0 aliphatic heterocycles. The van der Waals surface area contributed by atoms with E-state index in [-0.39, 0.29) is 0 Å². The molecule has 0 saturated heterocycles. The Morgan fingerprint density at radius 3 is 3.00 bits per heavy atom. The van der Waals surface area contributed by atoms with Gasteiger partial charge < -0.3 is 9.72 Å². The van der Waals surface area contributed by atoms with Crippen molar-refractivity contribution < 1.29 is 9.53 Å². The monoisotopic (exact) mass is 251 g/mol. The number of aryl methyl sites for hydroxylation is 2. The molecular formula is C11H13N3O2S. The summed E-state index contributed by atoms with van der Waals surface area (Å²) in [6, 6.07) is 0. The average Bonchev–Trinajstić information content (AvgIpc) is 2.56. The van der Waals surface area contributed by atoms with Crippen LogP contribution in [0.3, 0.4) is 0 Å². The molecule has 0 aliphatic carbocycles. The smallest absolute Gasteiger partial charge is 0.341 e. The van der Waals surface area contributed by atoms with Crippen LogP contribution in [0.4, 0.5) is 0 Å². The maximum absolute atomic E-state index is 11.7. The first kappa shape index (κ1) is 11.8. The van der Waals surface area contributed by atoms with Crippen molar-refractivity contribution in [1.82, 2.24) is 14.8 Å². The van der Waals surface area contributed by atoms with Crippen molar-refractivity contribution in [3.05, 3.63) is 22.0 Å². The number of nitrogens with zero attached hydrogens (tertiary/aromatic N) is 2. The summed E-state index contributed by atoms with van der Waals surface area (Å²) >= 11 is 5.31. The molecular weight excluding hydrogens is 238 g/mol. The van der Waals surface area contributed by atoms with Gasteiger partial charge in [0.1, 0.15) is 5.65 Å². The fourth-order valence-corrected chi connectivity index (χ4v) is 2.18. The summed E-state index contributed by atoms with van der Waals surface area (Å²) in [6.45, 7) is 3.96. The molecule has 2 aromatic rings. The van der Waals surface area contributed by atoms with Crippen molar-refractivity contribution >= 4 is 29.2 Å². The predicted molar refractivity (Wildman–Crippen MR) is 66.6 cm³/mol. The average molecular weight is 251 g/mol. The largest absolute Gasteiger partial charge is 0.462 e. The van der Waals surface area contributed by atoms with Crippen molar-refractivity contribution in [2.24, 2.45) is 7.05 Å². The summed E-state index contributed by atoms with van der Waals surface area (Å²) in [6.07, 6.45) is 1.57. The number of hydrogen-bond donors (Lipinski definition) is 1. The fourth-order valence-electron chi connectivity index (χ4n) is 1.80. The van der Waals surface area contributed by atoms with Gasteiger partial charge in [-0.2, -0.15) is 5.10 Å². The quantitative estimate of drug-likeness (QED) is 0.656. The van der Waals surface area contributed by atoms with Crippen LogP contribution in [0.25, 0.3) is 11.0 Å². The summed E-state index contributed by atoms with van der Waals surface area (Å²) in [5.41, 5.74) is 1.99. The van der Waals surface area contributed by atoms with Crippen LogP contribution in [0.5, 0.6) is 0 Å². The van der Waals surface area contributed by atoms with Crippen molar-refractivity contribution in [3.8, 4) is 0 Å². The predicted octanol–water partition coefficient (Wildman–Crippen LogP) is 2.12. The zero-order valence-corrected chi connectivity index (χ0v) is 10.7. The Labute approximate surface area is 103 Å². The molecule has 5 nitrogen and oxygen atoms in total. The summed E-state index contributed by atoms with van der Waals surface area (Å²) in [5, 5.41) is 5.06. The topological polar surface area (TPSA) is 59.9 Å². The van der Waals surface area contributed by atoms with E-state index in [1.54, 1.807) is 17.8 Å². The second kappa shape index (κ2) is 4.29. The van der Waals surface area contributed by atoms with Crippen LogP contribution in [0.15, 0.2) is 6.20 Å². The standard InChI is InChI=1S/C11H13N3O2S/c1-4-16-11(15)7-5-12-10-8(9(7)17)6(2)13-14(10)3/h5H,4H2,1-3H3,(H,12,17). The lowest BCUT2D eigenvalue weighted by Crippen LogP contribution is -2.06. The molecule has 0 aliphatic rings. The van der Waals surface area contributed by atoms with Crippen LogP contribution in [-0.2, 0) is 11.8 Å². The molecule has 1 N–H and O–H groups in total. The van der Waals surface area contributed by atoms with Gasteiger partial charge in [0.2, 0.25) is 0 Å². The minimum Gasteiger partial charge on any atom is -0.462 e. The van der Waals surface area contributed by atoms with Gasteiger partial charge in [-0.05, 0) is 13.8 Å². The number of H-pyrrole nitrogens is 1. The first-order chi connectivity index (χ1) is 8.06. The third-order valence-corrected chi connectivity index (χ3v) is 2.97. The van der Waals surface area contributed by atoms with Gasteiger partial charge in [0.25, 0.3) is 0 Å². The molecule has 0 fully saturated rings. The van der Waals surface area contributed by atoms with E-state index < -0.39 is 5.97 Å². The lowest BCUT2D eigenvalue weighted by molar-refractivity contribution is 0.0525. The Bertz CT molecular complexity index is 642. The highest BCUT2D eigenvalue weighted by Gasteiger charge is 2.15. The number of aromatic nitrogens is 3. The molecule has 0 amide bonds. The fraction of sp³-hybridized carbons (Fsp3) is 0.364. The van der Waals surface area contributed by atoms with E-state index in [1.807, 2.05) is 14.0 Å². The van der Waals surface area contributed by atoms with E-state index in [1.165, 1.54) is 0 Å². The number of ether oxygens (including phenoxy) is 1. The van der Waals surface area contributed by atoms with Crippen LogP contribution in [-0.4, -0.2) is 27.3 Å². The summed E-state index contributed by atoms with van der Waals surface area (Å²) in [5.74, 6) is -0.404. The summed E-state index contributed by atoms with van der Waals surface area (Å²) in [7, 11) is 1.82. The number of fused-ring (bicyclic) bond motifs is 1. The minimum atomic E-state index is -0.404. The molecule has 0 unspecified atom stereocenters. The number of hydrogen-bond acceptors (Lipinski definition) is 4. The molecule has 90 valence electrons. The number of carbonyl (C=O) groups excluding carboxylic acids is 1. The SMILES string of the molecule is CCOC(=O)c1c[nH]c2c(c(C)nn2C)c1=S. The highest BCUT2D eigenvalue weighted by Crippen LogP contribution is 2.19. The summed E-state index contributed by atoms with van der Waals surface area (Å²) in [4.78, 5) is 14.7. The number of nitrogens with one attached hydrogen (secondary N) is 1. The molecule has 2 heterocycles. The highest BCUT2D eigenvalue weighted by molar-refractivity contribution is 7.71. The molecule has 17 heavy (non-hydrogen) atoms. The molecule has 6 heteroatoms. The molecule has 2 aromatic heterocycles. The van der Waals surface area contributed by atoms with E-state index in [4.69, 9.17) is 17.0 Å². The van der Waals surface area contributed by atoms with Crippen molar-refractivity contribution in [1.29, 1.82) is 0 Å². The zero-order chi connectivity index (χ0) is 12.6. The van der Waals surface area contributed by atoms with Gasteiger partial charge in [0.15, 0.2) is 0 Å². The van der Waals surface area contributed by atoms with Crippen molar-refractivity contribution in [2.75, 3.05) is 6.61 Å². The Morgan fingerprint density at radius 1 is 1.65 bits per heavy atom.